The van der Waals surface area contributed by atoms with Gasteiger partial charge >= 0.3 is 0 Å². The molecule has 17 heavy (non-hydrogen) atoms. The first-order valence-electron chi connectivity index (χ1n) is 6.11. The molecule has 3 heteroatoms. The maximum atomic E-state index is 11.7. The molecule has 0 radical (unpaired) electrons. The van der Waals surface area contributed by atoms with Gasteiger partial charge < -0.3 is 0 Å². The minimum atomic E-state index is -0.0477. The molecule has 1 atom stereocenters. The Bertz CT molecular complexity index is 413. The lowest BCUT2D eigenvalue weighted by atomic mass is 10.0. The molecule has 1 fully saturated rings. The summed E-state index contributed by atoms with van der Waals surface area (Å²) in [5.74, 6) is -0.0637. The van der Waals surface area contributed by atoms with Crippen LogP contribution in [0.4, 0.5) is 0 Å². The molecule has 90 valence electrons. The highest BCUT2D eigenvalue weighted by atomic mass is 16.2. The van der Waals surface area contributed by atoms with Crippen LogP contribution in [0.15, 0.2) is 30.3 Å². The zero-order valence-electron chi connectivity index (χ0n) is 10.1. The first-order valence-corrected chi connectivity index (χ1v) is 6.11. The third-order valence-corrected chi connectivity index (χ3v) is 3.21. The van der Waals surface area contributed by atoms with E-state index in [0.29, 0.717) is 12.8 Å². The zero-order chi connectivity index (χ0) is 12.3. The maximum Gasteiger partial charge on any atom is 0.229 e. The fourth-order valence-electron chi connectivity index (χ4n) is 2.34. The molecule has 0 aromatic heterocycles. The average Bonchev–Trinajstić information content (AvgIpc) is 2.71. The van der Waals surface area contributed by atoms with Crippen molar-refractivity contribution in [2.45, 2.75) is 38.6 Å². The Morgan fingerprint density at radius 2 is 2.06 bits per heavy atom. The van der Waals surface area contributed by atoms with E-state index in [-0.39, 0.29) is 17.9 Å². The van der Waals surface area contributed by atoms with Crippen LogP contribution >= 0.6 is 0 Å². The maximum absolute atomic E-state index is 11.7. The van der Waals surface area contributed by atoms with Crippen molar-refractivity contribution < 1.29 is 9.59 Å². The van der Waals surface area contributed by atoms with Crippen LogP contribution in [-0.2, 0) is 16.0 Å². The minimum absolute atomic E-state index is 0.0159. The number of imide groups is 1. The lowest BCUT2D eigenvalue weighted by Crippen LogP contribution is -2.39. The summed E-state index contributed by atoms with van der Waals surface area (Å²) in [6.45, 7) is 1.80. The lowest BCUT2D eigenvalue weighted by molar-refractivity contribution is -0.143. The normalized spacial score (nSPS) is 19.7. The van der Waals surface area contributed by atoms with Gasteiger partial charge in [0.05, 0.1) is 0 Å². The van der Waals surface area contributed by atoms with Crippen molar-refractivity contribution in [3.8, 4) is 0 Å². The van der Waals surface area contributed by atoms with E-state index in [0.717, 1.165) is 12.8 Å². The molecule has 2 amide bonds. The monoisotopic (exact) mass is 231 g/mol. The van der Waals surface area contributed by atoms with Crippen molar-refractivity contribution in [3.63, 3.8) is 0 Å². The fraction of sp³-hybridized carbons (Fsp3) is 0.429. The number of carbonyl (C=O) groups excluding carboxylic acids is 2. The summed E-state index contributed by atoms with van der Waals surface area (Å²) in [7, 11) is 0. The molecule has 2 rings (SSSR count). The number of nitrogens with zero attached hydrogens (tertiary/aromatic N) is 1. The van der Waals surface area contributed by atoms with Crippen molar-refractivity contribution in [1.29, 1.82) is 0 Å². The second-order valence-corrected chi connectivity index (χ2v) is 4.39. The molecule has 1 aliphatic heterocycles. The van der Waals surface area contributed by atoms with Gasteiger partial charge in [0.25, 0.3) is 0 Å². The molecule has 0 aliphatic carbocycles. The quantitative estimate of drug-likeness (QED) is 0.799. The molecular formula is C14H17NO2. The number of hydrogen-bond donors (Lipinski definition) is 0. The Morgan fingerprint density at radius 1 is 1.35 bits per heavy atom. The summed E-state index contributed by atoms with van der Waals surface area (Å²) in [5.41, 5.74) is 1.18. The lowest BCUT2D eigenvalue weighted by Gasteiger charge is -2.22. The van der Waals surface area contributed by atoms with Crippen LogP contribution in [-0.4, -0.2) is 22.8 Å². The van der Waals surface area contributed by atoms with Gasteiger partial charge in [0.15, 0.2) is 0 Å². The van der Waals surface area contributed by atoms with Crippen LogP contribution in [0.5, 0.6) is 0 Å². The molecule has 1 heterocycles. The molecule has 0 saturated carbocycles. The predicted molar refractivity (Wildman–Crippen MR) is 65.3 cm³/mol. The Labute approximate surface area is 101 Å². The van der Waals surface area contributed by atoms with Gasteiger partial charge in [-0.05, 0) is 18.4 Å². The van der Waals surface area contributed by atoms with E-state index in [1.807, 2.05) is 30.3 Å². The average molecular weight is 231 g/mol. The van der Waals surface area contributed by atoms with E-state index in [9.17, 15) is 9.59 Å². The number of benzene rings is 1. The largest absolute Gasteiger partial charge is 0.279 e. The standard InChI is InChI=1S/C14H17NO2/c1-2-13(16)15-12(8-9-14(15)17)10-11-6-4-3-5-7-11/h3-7,12H,2,8-10H2,1H3/t12-/m0/s1. The summed E-state index contributed by atoms with van der Waals surface area (Å²) in [6, 6.07) is 10.1. The van der Waals surface area contributed by atoms with Crippen LogP contribution in [0.1, 0.15) is 31.7 Å². The van der Waals surface area contributed by atoms with Crippen molar-refractivity contribution in [2.24, 2.45) is 0 Å². The molecule has 1 aromatic carbocycles. The van der Waals surface area contributed by atoms with Gasteiger partial charge in [0.1, 0.15) is 0 Å². The highest BCUT2D eigenvalue weighted by molar-refractivity contribution is 5.97. The molecule has 0 bridgehead atoms. The van der Waals surface area contributed by atoms with E-state index in [1.54, 1.807) is 6.92 Å². The molecule has 1 aliphatic rings. The summed E-state index contributed by atoms with van der Waals surface area (Å²) >= 11 is 0. The van der Waals surface area contributed by atoms with Gasteiger partial charge in [-0.1, -0.05) is 37.3 Å². The van der Waals surface area contributed by atoms with E-state index >= 15 is 0 Å². The number of hydrogen-bond acceptors (Lipinski definition) is 2. The first-order chi connectivity index (χ1) is 8.22. The Kier molecular flexibility index (Phi) is 3.57. The number of likely N-dealkylation sites (tertiary alicyclic amines) is 1. The summed E-state index contributed by atoms with van der Waals surface area (Å²) in [5, 5.41) is 0. The molecule has 1 saturated heterocycles. The minimum Gasteiger partial charge on any atom is -0.279 e. The van der Waals surface area contributed by atoms with Crippen LogP contribution < -0.4 is 0 Å². The topological polar surface area (TPSA) is 37.4 Å². The molecule has 1 aromatic rings. The van der Waals surface area contributed by atoms with Crippen LogP contribution in [0, 0.1) is 0 Å². The zero-order valence-corrected chi connectivity index (χ0v) is 10.1. The Balaban J connectivity index is 2.10. The number of carbonyl (C=O) groups is 2. The third kappa shape index (κ3) is 2.54. The molecular weight excluding hydrogens is 214 g/mol. The SMILES string of the molecule is CCC(=O)N1C(=O)CC[C@H]1Cc1ccccc1. The second-order valence-electron chi connectivity index (χ2n) is 4.39. The predicted octanol–water partition coefficient (Wildman–Crippen LogP) is 2.16. The Morgan fingerprint density at radius 3 is 2.71 bits per heavy atom. The van der Waals surface area contributed by atoms with Crippen LogP contribution in [0.2, 0.25) is 0 Å². The summed E-state index contributed by atoms with van der Waals surface area (Å²) in [4.78, 5) is 24.9. The number of amides is 2. The van der Waals surface area contributed by atoms with Gasteiger partial charge in [-0.3, -0.25) is 14.5 Å². The first kappa shape index (κ1) is 11.8. The highest BCUT2D eigenvalue weighted by Gasteiger charge is 2.34. The van der Waals surface area contributed by atoms with Crippen LogP contribution in [0.25, 0.3) is 0 Å². The van der Waals surface area contributed by atoms with Crippen molar-refractivity contribution in [1.82, 2.24) is 4.90 Å². The van der Waals surface area contributed by atoms with Crippen molar-refractivity contribution in [2.75, 3.05) is 0 Å². The molecule has 0 N–H and O–H groups in total. The van der Waals surface area contributed by atoms with Gasteiger partial charge in [-0.15, -0.1) is 0 Å². The van der Waals surface area contributed by atoms with Crippen molar-refractivity contribution >= 4 is 11.8 Å². The van der Waals surface area contributed by atoms with Gasteiger partial charge in [0.2, 0.25) is 11.8 Å². The van der Waals surface area contributed by atoms with E-state index in [2.05, 4.69) is 0 Å². The molecule has 0 unspecified atom stereocenters. The van der Waals surface area contributed by atoms with Gasteiger partial charge in [-0.25, -0.2) is 0 Å². The third-order valence-electron chi connectivity index (χ3n) is 3.21. The molecule has 0 spiro atoms. The van der Waals surface area contributed by atoms with Gasteiger partial charge in [-0.2, -0.15) is 0 Å². The van der Waals surface area contributed by atoms with Gasteiger partial charge in [0, 0.05) is 18.9 Å². The molecule has 3 nitrogen and oxygen atoms in total. The summed E-state index contributed by atoms with van der Waals surface area (Å²) in [6.07, 6.45) is 2.47. The highest BCUT2D eigenvalue weighted by Crippen LogP contribution is 2.23. The van der Waals surface area contributed by atoms with E-state index in [1.165, 1.54) is 10.5 Å². The number of rotatable bonds is 3. The van der Waals surface area contributed by atoms with Crippen LogP contribution in [0.3, 0.4) is 0 Å². The smallest absolute Gasteiger partial charge is 0.229 e. The van der Waals surface area contributed by atoms with E-state index < -0.39 is 0 Å². The van der Waals surface area contributed by atoms with E-state index in [4.69, 9.17) is 0 Å². The summed E-state index contributed by atoms with van der Waals surface area (Å²) < 4.78 is 0. The fourth-order valence-corrected chi connectivity index (χ4v) is 2.34. The van der Waals surface area contributed by atoms with Crippen molar-refractivity contribution in [3.05, 3.63) is 35.9 Å². The Hall–Kier alpha value is -1.64. The second kappa shape index (κ2) is 5.13.